The van der Waals surface area contributed by atoms with E-state index in [1.54, 1.807) is 7.05 Å². The Morgan fingerprint density at radius 1 is 1.23 bits per heavy atom. The van der Waals surface area contributed by atoms with Gasteiger partial charge in [0.15, 0.2) is 5.96 Å². The Bertz CT molecular complexity index is 511. The van der Waals surface area contributed by atoms with Crippen molar-refractivity contribution in [3.63, 3.8) is 0 Å². The lowest BCUT2D eigenvalue weighted by atomic mass is 10.1. The van der Waals surface area contributed by atoms with Crippen molar-refractivity contribution in [2.75, 3.05) is 20.2 Å². The van der Waals surface area contributed by atoms with Crippen molar-refractivity contribution in [2.45, 2.75) is 77.4 Å². The van der Waals surface area contributed by atoms with Gasteiger partial charge in [-0.25, -0.2) is 0 Å². The summed E-state index contributed by atoms with van der Waals surface area (Å²) < 4.78 is 11.7. The Kier molecular flexibility index (Phi) is 12.0. The van der Waals surface area contributed by atoms with Crippen LogP contribution in [-0.4, -0.2) is 32.3 Å². The van der Waals surface area contributed by atoms with E-state index in [1.807, 2.05) is 19.1 Å². The van der Waals surface area contributed by atoms with E-state index in [-0.39, 0.29) is 30.0 Å². The minimum atomic E-state index is 0. The molecule has 1 fully saturated rings. The van der Waals surface area contributed by atoms with Crippen LogP contribution in [0.2, 0.25) is 0 Å². The first kappa shape index (κ1) is 23.3. The van der Waals surface area contributed by atoms with Crippen LogP contribution >= 0.6 is 24.0 Å². The molecule has 0 bridgehead atoms. The fourth-order valence-corrected chi connectivity index (χ4v) is 3.25. The second kappa shape index (κ2) is 13.4. The Hall–Kier alpha value is -0.760. The van der Waals surface area contributed by atoms with Crippen LogP contribution in [-0.2, 0) is 4.74 Å². The molecule has 1 saturated carbocycles. The predicted molar refractivity (Wildman–Crippen MR) is 118 cm³/mol. The molecule has 26 heavy (non-hydrogen) atoms. The van der Waals surface area contributed by atoms with Crippen molar-refractivity contribution in [3.05, 3.63) is 23.7 Å². The van der Waals surface area contributed by atoms with E-state index in [0.29, 0.717) is 6.10 Å². The first-order valence-corrected chi connectivity index (χ1v) is 9.84. The van der Waals surface area contributed by atoms with Gasteiger partial charge in [0.1, 0.15) is 11.5 Å². The van der Waals surface area contributed by atoms with Crippen molar-refractivity contribution in [1.29, 1.82) is 0 Å². The third-order valence-electron chi connectivity index (χ3n) is 4.78. The Balaban J connectivity index is 0.00000338. The Morgan fingerprint density at radius 2 is 1.96 bits per heavy atom. The van der Waals surface area contributed by atoms with Crippen LogP contribution < -0.4 is 10.6 Å². The number of guanidine groups is 1. The summed E-state index contributed by atoms with van der Waals surface area (Å²) >= 11 is 0. The van der Waals surface area contributed by atoms with Crippen LogP contribution in [0.25, 0.3) is 0 Å². The number of unbranched alkanes of at least 4 members (excludes halogenated alkanes) is 1. The number of ether oxygens (including phenoxy) is 1. The summed E-state index contributed by atoms with van der Waals surface area (Å²) in [6.07, 6.45) is 10.6. The lowest BCUT2D eigenvalue weighted by Gasteiger charge is -2.17. The smallest absolute Gasteiger partial charge is 0.191 e. The maximum absolute atomic E-state index is 6.03. The molecule has 0 amide bonds. The van der Waals surface area contributed by atoms with E-state index >= 15 is 0 Å². The fourth-order valence-electron chi connectivity index (χ4n) is 3.25. The zero-order valence-electron chi connectivity index (χ0n) is 16.6. The summed E-state index contributed by atoms with van der Waals surface area (Å²) in [5, 5.41) is 6.73. The number of nitrogens with one attached hydrogen (secondary N) is 2. The molecule has 1 atom stereocenters. The number of hydrogen-bond donors (Lipinski definition) is 2. The van der Waals surface area contributed by atoms with Gasteiger partial charge in [-0.05, 0) is 51.7 Å². The lowest BCUT2D eigenvalue weighted by Crippen LogP contribution is -2.39. The van der Waals surface area contributed by atoms with E-state index in [2.05, 4.69) is 22.5 Å². The largest absolute Gasteiger partial charge is 0.464 e. The van der Waals surface area contributed by atoms with Crippen molar-refractivity contribution in [1.82, 2.24) is 10.6 Å². The highest BCUT2D eigenvalue weighted by Crippen LogP contribution is 2.20. The minimum Gasteiger partial charge on any atom is -0.464 e. The first-order chi connectivity index (χ1) is 12.2. The topological polar surface area (TPSA) is 58.8 Å². The highest BCUT2D eigenvalue weighted by Gasteiger charge is 2.12. The van der Waals surface area contributed by atoms with Gasteiger partial charge in [-0.3, -0.25) is 4.99 Å². The molecular formula is C20H36IN3O2. The number of rotatable bonds is 8. The highest BCUT2D eigenvalue weighted by molar-refractivity contribution is 14.0. The van der Waals surface area contributed by atoms with Gasteiger partial charge in [0, 0.05) is 20.2 Å². The first-order valence-electron chi connectivity index (χ1n) is 9.84. The minimum absolute atomic E-state index is 0. The Morgan fingerprint density at radius 3 is 2.58 bits per heavy atom. The Labute approximate surface area is 175 Å². The third kappa shape index (κ3) is 8.75. The molecule has 1 aliphatic rings. The summed E-state index contributed by atoms with van der Waals surface area (Å²) in [6, 6.07) is 4.09. The normalized spacial score (nSPS) is 17.3. The predicted octanol–water partition coefficient (Wildman–Crippen LogP) is 4.95. The standard InChI is InChI=1S/C20H35N3O2.HI/c1-16-12-13-19(25-16)17(2)23-20(21-3)22-14-8-9-15-24-18-10-6-4-5-7-11-18;/h12-13,17-18H,4-11,14-15H2,1-3H3,(H2,21,22,23);1H. The van der Waals surface area contributed by atoms with Gasteiger partial charge in [0.2, 0.25) is 0 Å². The number of aliphatic imine (C=N–C) groups is 1. The van der Waals surface area contributed by atoms with Crippen molar-refractivity contribution >= 4 is 29.9 Å². The molecule has 6 heteroatoms. The van der Waals surface area contributed by atoms with E-state index < -0.39 is 0 Å². The molecule has 0 saturated heterocycles. The third-order valence-corrected chi connectivity index (χ3v) is 4.78. The highest BCUT2D eigenvalue weighted by atomic mass is 127. The summed E-state index contributed by atoms with van der Waals surface area (Å²) in [5.74, 6) is 2.67. The van der Waals surface area contributed by atoms with Crippen LogP contribution in [0.15, 0.2) is 21.5 Å². The van der Waals surface area contributed by atoms with Gasteiger partial charge in [-0.1, -0.05) is 25.7 Å². The zero-order chi connectivity index (χ0) is 17.9. The average molecular weight is 477 g/mol. The van der Waals surface area contributed by atoms with Gasteiger partial charge in [-0.2, -0.15) is 0 Å². The van der Waals surface area contributed by atoms with Crippen molar-refractivity contribution in [2.24, 2.45) is 4.99 Å². The second-order valence-corrected chi connectivity index (χ2v) is 7.00. The molecular weight excluding hydrogens is 441 g/mol. The summed E-state index contributed by atoms with van der Waals surface area (Å²) in [5.41, 5.74) is 0. The number of furan rings is 1. The summed E-state index contributed by atoms with van der Waals surface area (Å²) in [7, 11) is 1.80. The quantitative estimate of drug-likeness (QED) is 0.183. The molecule has 2 rings (SSSR count). The van der Waals surface area contributed by atoms with Crippen LogP contribution in [0.1, 0.15) is 75.9 Å². The molecule has 150 valence electrons. The molecule has 1 heterocycles. The second-order valence-electron chi connectivity index (χ2n) is 7.00. The maximum atomic E-state index is 6.03. The van der Waals surface area contributed by atoms with Crippen LogP contribution in [0, 0.1) is 6.92 Å². The molecule has 0 spiro atoms. The molecule has 2 N–H and O–H groups in total. The lowest BCUT2D eigenvalue weighted by molar-refractivity contribution is 0.0411. The maximum Gasteiger partial charge on any atom is 0.191 e. The van der Waals surface area contributed by atoms with Gasteiger partial charge in [-0.15, -0.1) is 24.0 Å². The molecule has 0 aromatic carbocycles. The fraction of sp³-hybridized carbons (Fsp3) is 0.750. The van der Waals surface area contributed by atoms with Crippen molar-refractivity contribution in [3.8, 4) is 0 Å². The monoisotopic (exact) mass is 477 g/mol. The number of hydrogen-bond acceptors (Lipinski definition) is 3. The molecule has 5 nitrogen and oxygen atoms in total. The van der Waals surface area contributed by atoms with Crippen LogP contribution in [0.5, 0.6) is 0 Å². The average Bonchev–Trinajstić information content (AvgIpc) is 2.89. The van der Waals surface area contributed by atoms with Crippen molar-refractivity contribution < 1.29 is 9.15 Å². The molecule has 1 aromatic rings. The molecule has 1 unspecified atom stereocenters. The van der Waals surface area contributed by atoms with E-state index in [9.17, 15) is 0 Å². The SMILES string of the molecule is CN=C(NCCCCOC1CCCCCC1)NC(C)c1ccc(C)o1.I. The van der Waals surface area contributed by atoms with E-state index in [0.717, 1.165) is 43.5 Å². The zero-order valence-corrected chi connectivity index (χ0v) is 18.9. The van der Waals surface area contributed by atoms with E-state index in [1.165, 1.54) is 38.5 Å². The van der Waals surface area contributed by atoms with E-state index in [4.69, 9.17) is 9.15 Å². The molecule has 0 radical (unpaired) electrons. The molecule has 0 aliphatic heterocycles. The van der Waals surface area contributed by atoms with Crippen LogP contribution in [0.3, 0.4) is 0 Å². The van der Waals surface area contributed by atoms with Gasteiger partial charge in [0.25, 0.3) is 0 Å². The van der Waals surface area contributed by atoms with Gasteiger partial charge >= 0.3 is 0 Å². The molecule has 1 aliphatic carbocycles. The molecule has 1 aromatic heterocycles. The van der Waals surface area contributed by atoms with Crippen LogP contribution in [0.4, 0.5) is 0 Å². The number of aryl methyl sites for hydroxylation is 1. The summed E-state index contributed by atoms with van der Waals surface area (Å²) in [6.45, 7) is 5.81. The number of halogens is 1. The van der Waals surface area contributed by atoms with Gasteiger partial charge in [0.05, 0.1) is 12.1 Å². The number of nitrogens with zero attached hydrogens (tertiary/aromatic N) is 1. The van der Waals surface area contributed by atoms with Gasteiger partial charge < -0.3 is 19.8 Å². The summed E-state index contributed by atoms with van der Waals surface area (Å²) in [4.78, 5) is 4.28.